The van der Waals surface area contributed by atoms with Crippen molar-refractivity contribution in [2.75, 3.05) is 5.73 Å². The minimum atomic E-state index is -2.86. The van der Waals surface area contributed by atoms with Gasteiger partial charge >= 0.3 is 9.83 Å². The van der Waals surface area contributed by atoms with Crippen LogP contribution in [0.4, 0.5) is 10.1 Å². The Labute approximate surface area is 99.8 Å². The van der Waals surface area contributed by atoms with E-state index in [4.69, 9.17) is 50.0 Å². The normalized spacial score (nSPS) is 27.5. The van der Waals surface area contributed by atoms with E-state index >= 15 is 0 Å². The van der Waals surface area contributed by atoms with Gasteiger partial charge in [0.2, 0.25) is 0 Å². The Morgan fingerprint density at radius 1 is 1.13 bits per heavy atom. The molecule has 1 heterocycles. The molecule has 0 fully saturated rings. The van der Waals surface area contributed by atoms with Crippen LogP contribution >= 0.6 is 34.8 Å². The van der Waals surface area contributed by atoms with Crippen molar-refractivity contribution in [2.45, 2.75) is 9.83 Å². The van der Waals surface area contributed by atoms with Crippen molar-refractivity contribution in [1.82, 2.24) is 0 Å². The van der Waals surface area contributed by atoms with Gasteiger partial charge < -0.3 is 15.2 Å². The molecule has 0 aromatic heterocycles. The van der Waals surface area contributed by atoms with E-state index in [0.29, 0.717) is 5.69 Å². The van der Waals surface area contributed by atoms with Gasteiger partial charge in [0.05, 0.1) is 0 Å². The van der Waals surface area contributed by atoms with E-state index in [1.807, 2.05) is 0 Å². The Morgan fingerprint density at radius 3 is 2.47 bits per heavy atom. The first kappa shape index (κ1) is 10.9. The van der Waals surface area contributed by atoms with E-state index in [1.54, 1.807) is 0 Å². The van der Waals surface area contributed by atoms with Crippen molar-refractivity contribution >= 4 is 40.5 Å². The molecule has 3 nitrogen and oxygen atoms in total. The monoisotopic (exact) mass is 271 g/mol. The summed E-state index contributed by atoms with van der Waals surface area (Å²) in [4.78, 5) is 0. The highest BCUT2D eigenvalue weighted by Gasteiger charge is 2.58. The van der Waals surface area contributed by atoms with Gasteiger partial charge in [-0.2, -0.15) is 4.39 Å². The zero-order valence-electron chi connectivity index (χ0n) is 7.14. The molecule has 1 aliphatic heterocycles. The number of anilines is 1. The smallest absolute Gasteiger partial charge is 0.397 e. The van der Waals surface area contributed by atoms with Crippen molar-refractivity contribution in [2.24, 2.45) is 0 Å². The molecule has 0 aliphatic carbocycles. The lowest BCUT2D eigenvalue weighted by molar-refractivity contribution is -0.0802. The molecule has 0 radical (unpaired) electrons. The van der Waals surface area contributed by atoms with E-state index in [0.717, 1.165) is 0 Å². The SMILES string of the molecule is Nc1ccc2c(c1)O[C@](F)(Cl)C(Cl)(Cl)O2. The van der Waals surface area contributed by atoms with E-state index in [2.05, 4.69) is 0 Å². The molecular formula is C8H5Cl3FNO2. The quantitative estimate of drug-likeness (QED) is 0.583. The van der Waals surface area contributed by atoms with Crippen molar-refractivity contribution < 1.29 is 13.9 Å². The Hall–Kier alpha value is -0.580. The summed E-state index contributed by atoms with van der Waals surface area (Å²) in [6.07, 6.45) is 0. The number of fused-ring (bicyclic) bond motifs is 1. The molecule has 0 saturated carbocycles. The summed E-state index contributed by atoms with van der Waals surface area (Å²) in [5, 5.41) is -2.86. The van der Waals surface area contributed by atoms with Crippen LogP contribution in [0.3, 0.4) is 0 Å². The summed E-state index contributed by atoms with van der Waals surface area (Å²) in [7, 11) is 0. The lowest BCUT2D eigenvalue weighted by Crippen LogP contribution is -2.49. The van der Waals surface area contributed by atoms with Gasteiger partial charge in [-0.05, 0) is 46.9 Å². The first-order valence-electron chi connectivity index (χ1n) is 3.85. The van der Waals surface area contributed by atoms with Crippen LogP contribution in [0.2, 0.25) is 0 Å². The van der Waals surface area contributed by atoms with Gasteiger partial charge in [0, 0.05) is 11.8 Å². The standard InChI is InChI=1S/C8H5Cl3FNO2/c9-7(10)8(11,12)15-6-3-4(13)1-2-5(6)14-7/h1-3H,13H2/t8-/m0/s1. The molecule has 15 heavy (non-hydrogen) atoms. The van der Waals surface area contributed by atoms with Crippen molar-refractivity contribution in [3.8, 4) is 11.5 Å². The molecule has 1 aliphatic rings. The number of nitrogen functional groups attached to an aromatic ring is 1. The molecule has 0 spiro atoms. The van der Waals surface area contributed by atoms with Crippen LogP contribution in [0.5, 0.6) is 11.5 Å². The predicted octanol–water partition coefficient (Wildman–Crippen LogP) is 3.03. The van der Waals surface area contributed by atoms with E-state index < -0.39 is 9.83 Å². The van der Waals surface area contributed by atoms with Crippen LogP contribution in [-0.4, -0.2) is 9.83 Å². The first-order chi connectivity index (χ1) is 6.82. The maximum absolute atomic E-state index is 13.6. The molecular weight excluding hydrogens is 267 g/mol. The lowest BCUT2D eigenvalue weighted by atomic mass is 10.2. The molecule has 0 unspecified atom stereocenters. The minimum Gasteiger partial charge on any atom is -0.447 e. The summed E-state index contributed by atoms with van der Waals surface area (Å²) in [6.45, 7) is 0. The Balaban J connectivity index is 2.47. The fourth-order valence-corrected chi connectivity index (χ4v) is 1.45. The molecule has 1 aromatic carbocycles. The molecule has 2 rings (SSSR count). The van der Waals surface area contributed by atoms with Crippen molar-refractivity contribution in [1.29, 1.82) is 0 Å². The van der Waals surface area contributed by atoms with Crippen LogP contribution in [0.1, 0.15) is 0 Å². The summed E-state index contributed by atoms with van der Waals surface area (Å²) < 4.78 is 20.9. The highest BCUT2D eigenvalue weighted by Crippen LogP contribution is 2.50. The average molecular weight is 272 g/mol. The second kappa shape index (κ2) is 3.20. The number of halogens is 4. The largest absolute Gasteiger partial charge is 0.447 e. The van der Waals surface area contributed by atoms with E-state index in [9.17, 15) is 4.39 Å². The third-order valence-corrected chi connectivity index (χ3v) is 2.96. The van der Waals surface area contributed by atoms with Gasteiger partial charge in [-0.15, -0.1) is 0 Å². The zero-order chi connectivity index (χ0) is 11.3. The number of alkyl halides is 4. The average Bonchev–Trinajstić information content (AvgIpc) is 2.07. The fourth-order valence-electron chi connectivity index (χ4n) is 1.08. The third-order valence-electron chi connectivity index (χ3n) is 1.78. The van der Waals surface area contributed by atoms with Gasteiger partial charge in [-0.25, -0.2) is 0 Å². The van der Waals surface area contributed by atoms with Gasteiger partial charge in [0.25, 0.3) is 0 Å². The molecule has 1 aromatic rings. The van der Waals surface area contributed by atoms with Gasteiger partial charge in [0.1, 0.15) is 0 Å². The van der Waals surface area contributed by atoms with Crippen LogP contribution in [0, 0.1) is 0 Å². The first-order valence-corrected chi connectivity index (χ1v) is 4.98. The topological polar surface area (TPSA) is 44.5 Å². The third kappa shape index (κ3) is 1.77. The molecule has 82 valence electrons. The molecule has 1 atom stereocenters. The number of hydrogen-bond acceptors (Lipinski definition) is 3. The van der Waals surface area contributed by atoms with Gasteiger partial charge in [-0.3, -0.25) is 0 Å². The summed E-state index contributed by atoms with van der Waals surface area (Å²) >= 11 is 16.3. The fraction of sp³-hybridized carbons (Fsp3) is 0.250. The van der Waals surface area contributed by atoms with Crippen molar-refractivity contribution in [3.05, 3.63) is 18.2 Å². The highest BCUT2D eigenvalue weighted by molar-refractivity contribution is 6.52. The number of hydrogen-bond donors (Lipinski definition) is 1. The summed E-state index contributed by atoms with van der Waals surface area (Å²) in [6, 6.07) is 4.34. The predicted molar refractivity (Wildman–Crippen MR) is 56.2 cm³/mol. The molecule has 7 heteroatoms. The Kier molecular flexibility index (Phi) is 2.33. The van der Waals surface area contributed by atoms with E-state index in [1.165, 1.54) is 18.2 Å². The molecule has 0 amide bonds. The molecule has 2 N–H and O–H groups in total. The second-order valence-electron chi connectivity index (χ2n) is 2.94. The van der Waals surface area contributed by atoms with Crippen molar-refractivity contribution in [3.63, 3.8) is 0 Å². The van der Waals surface area contributed by atoms with Gasteiger partial charge in [0.15, 0.2) is 11.5 Å². The van der Waals surface area contributed by atoms with Gasteiger partial charge in [-0.1, -0.05) is 0 Å². The molecule has 0 bridgehead atoms. The lowest BCUT2D eigenvalue weighted by Gasteiger charge is -2.36. The number of rotatable bonds is 0. The van der Waals surface area contributed by atoms with Crippen LogP contribution < -0.4 is 15.2 Å². The number of benzene rings is 1. The summed E-state index contributed by atoms with van der Waals surface area (Å²) in [5.74, 6) is 0.215. The highest BCUT2D eigenvalue weighted by atomic mass is 35.5. The Morgan fingerprint density at radius 2 is 1.80 bits per heavy atom. The zero-order valence-corrected chi connectivity index (χ0v) is 9.41. The van der Waals surface area contributed by atoms with Crippen LogP contribution in [-0.2, 0) is 0 Å². The number of nitrogens with two attached hydrogens (primary N) is 1. The maximum atomic E-state index is 13.6. The van der Waals surface area contributed by atoms with E-state index in [-0.39, 0.29) is 11.5 Å². The second-order valence-corrected chi connectivity index (χ2v) is 4.69. The molecule has 0 saturated heterocycles. The van der Waals surface area contributed by atoms with Crippen LogP contribution in [0.25, 0.3) is 0 Å². The summed E-state index contributed by atoms with van der Waals surface area (Å²) in [5.41, 5.74) is 5.85. The number of ether oxygens (including phenoxy) is 2. The van der Waals surface area contributed by atoms with Crippen LogP contribution in [0.15, 0.2) is 18.2 Å². The minimum absolute atomic E-state index is 0.0458. The maximum Gasteiger partial charge on any atom is 0.397 e. The Bertz CT molecular complexity index is 411.